The van der Waals surface area contributed by atoms with Gasteiger partial charge in [0, 0.05) is 36.9 Å². The Hall–Kier alpha value is 0.0700. The van der Waals surface area contributed by atoms with Crippen molar-refractivity contribution in [2.24, 2.45) is 0 Å². The summed E-state index contributed by atoms with van der Waals surface area (Å²) in [6, 6.07) is 0. The van der Waals surface area contributed by atoms with E-state index in [4.69, 9.17) is 9.47 Å². The molecule has 13 heavy (non-hydrogen) atoms. The van der Waals surface area contributed by atoms with E-state index < -0.39 is 10.8 Å². The van der Waals surface area contributed by atoms with Gasteiger partial charge in [0.2, 0.25) is 0 Å². The molecule has 1 saturated heterocycles. The second-order valence-corrected chi connectivity index (χ2v) is 5.11. The summed E-state index contributed by atoms with van der Waals surface area (Å²) in [4.78, 5) is 0. The first-order valence-electron chi connectivity index (χ1n) is 4.73. The van der Waals surface area contributed by atoms with Gasteiger partial charge in [0.25, 0.3) is 0 Å². The average Bonchev–Trinajstić information content (AvgIpc) is 2.52. The van der Waals surface area contributed by atoms with E-state index in [9.17, 15) is 4.21 Å². The predicted octanol–water partition coefficient (Wildman–Crippen LogP) is 0.949. The summed E-state index contributed by atoms with van der Waals surface area (Å²) >= 11 is 0. The lowest BCUT2D eigenvalue weighted by Gasteiger charge is -2.13. The van der Waals surface area contributed by atoms with Crippen molar-refractivity contribution >= 4 is 10.8 Å². The predicted molar refractivity (Wildman–Crippen MR) is 53.3 cm³/mol. The van der Waals surface area contributed by atoms with E-state index in [2.05, 4.69) is 0 Å². The second-order valence-electron chi connectivity index (χ2n) is 3.33. The van der Waals surface area contributed by atoms with Crippen LogP contribution in [0.3, 0.4) is 0 Å². The number of hydrogen-bond donors (Lipinski definition) is 0. The lowest BCUT2D eigenvalue weighted by Crippen LogP contribution is -2.25. The van der Waals surface area contributed by atoms with Gasteiger partial charge in [-0.15, -0.1) is 0 Å². The van der Waals surface area contributed by atoms with Crippen molar-refractivity contribution in [3.8, 4) is 0 Å². The molecule has 0 amide bonds. The fourth-order valence-corrected chi connectivity index (χ4v) is 3.12. The van der Waals surface area contributed by atoms with Gasteiger partial charge in [-0.3, -0.25) is 4.21 Å². The number of hydrogen-bond acceptors (Lipinski definition) is 3. The van der Waals surface area contributed by atoms with Gasteiger partial charge < -0.3 is 9.47 Å². The van der Waals surface area contributed by atoms with Crippen LogP contribution in [0.1, 0.15) is 19.8 Å². The highest BCUT2D eigenvalue weighted by Crippen LogP contribution is 2.19. The van der Waals surface area contributed by atoms with Gasteiger partial charge in [-0.05, 0) is 19.8 Å². The summed E-state index contributed by atoms with van der Waals surface area (Å²) in [7, 11) is 0.939. The summed E-state index contributed by atoms with van der Waals surface area (Å²) in [6.07, 6.45) is 2.00. The van der Waals surface area contributed by atoms with Crippen LogP contribution in [0, 0.1) is 0 Å². The fraction of sp³-hybridized carbons (Fsp3) is 1.00. The smallest absolute Gasteiger partial charge is 0.0691 e. The third kappa shape index (κ3) is 3.37. The molecule has 0 radical (unpaired) electrons. The molecule has 0 spiro atoms. The normalized spacial score (nSPS) is 30.6. The molecule has 1 heterocycles. The van der Waals surface area contributed by atoms with E-state index in [-0.39, 0.29) is 11.4 Å². The average molecular weight is 206 g/mol. The van der Waals surface area contributed by atoms with Crippen LogP contribution < -0.4 is 0 Å². The van der Waals surface area contributed by atoms with Gasteiger partial charge in [0.05, 0.1) is 11.4 Å². The van der Waals surface area contributed by atoms with Crippen molar-refractivity contribution in [3.05, 3.63) is 0 Å². The van der Waals surface area contributed by atoms with Gasteiger partial charge in [-0.2, -0.15) is 0 Å². The Balaban J connectivity index is 2.22. The Morgan fingerprint density at radius 2 is 2.38 bits per heavy atom. The first kappa shape index (κ1) is 11.1. The van der Waals surface area contributed by atoms with Gasteiger partial charge in [-0.1, -0.05) is 0 Å². The van der Waals surface area contributed by atoms with Crippen molar-refractivity contribution in [2.75, 3.05) is 26.1 Å². The molecule has 4 heteroatoms. The van der Waals surface area contributed by atoms with E-state index in [1.54, 1.807) is 7.11 Å². The van der Waals surface area contributed by atoms with Crippen LogP contribution in [-0.4, -0.2) is 41.6 Å². The molecule has 0 aromatic rings. The van der Waals surface area contributed by atoms with Crippen LogP contribution in [0.4, 0.5) is 0 Å². The minimum atomic E-state index is -0.732. The SMILES string of the molecule is COCCC[S@@](=O)[C@H]1CCO[C@@H]1C. The zero-order valence-electron chi connectivity index (χ0n) is 8.32. The van der Waals surface area contributed by atoms with Crippen LogP contribution in [0.25, 0.3) is 0 Å². The highest BCUT2D eigenvalue weighted by molar-refractivity contribution is 7.85. The van der Waals surface area contributed by atoms with Crippen molar-refractivity contribution in [1.82, 2.24) is 0 Å². The Bertz CT molecular complexity index is 172. The monoisotopic (exact) mass is 206 g/mol. The summed E-state index contributed by atoms with van der Waals surface area (Å²) in [5.41, 5.74) is 0. The molecule has 1 aliphatic heterocycles. The van der Waals surface area contributed by atoms with Crippen LogP contribution >= 0.6 is 0 Å². The molecule has 1 aliphatic rings. The van der Waals surface area contributed by atoms with E-state index in [0.717, 1.165) is 25.2 Å². The molecule has 1 rings (SSSR count). The molecular formula is C9H18O3S. The minimum Gasteiger partial charge on any atom is -0.385 e. The first-order chi connectivity index (χ1) is 6.25. The fourth-order valence-electron chi connectivity index (χ4n) is 1.55. The highest BCUT2D eigenvalue weighted by Gasteiger charge is 2.28. The molecule has 0 bridgehead atoms. The molecule has 0 unspecified atom stereocenters. The van der Waals surface area contributed by atoms with Crippen LogP contribution in [0.5, 0.6) is 0 Å². The maximum absolute atomic E-state index is 11.7. The van der Waals surface area contributed by atoms with Crippen molar-refractivity contribution in [3.63, 3.8) is 0 Å². The van der Waals surface area contributed by atoms with Crippen LogP contribution in [0.15, 0.2) is 0 Å². The molecular weight excluding hydrogens is 188 g/mol. The lowest BCUT2D eigenvalue weighted by atomic mass is 10.3. The van der Waals surface area contributed by atoms with Crippen LogP contribution in [0.2, 0.25) is 0 Å². The zero-order chi connectivity index (χ0) is 9.68. The summed E-state index contributed by atoms with van der Waals surface area (Å²) in [5, 5.41) is 0.247. The standard InChI is InChI=1S/C9H18O3S/c1-8-9(4-6-12-8)13(10)7-3-5-11-2/h8-9H,3-7H2,1-2H3/t8-,9+,13-/m1/s1. The number of rotatable bonds is 5. The van der Waals surface area contributed by atoms with Gasteiger partial charge >= 0.3 is 0 Å². The Morgan fingerprint density at radius 1 is 1.62 bits per heavy atom. The lowest BCUT2D eigenvalue weighted by molar-refractivity contribution is 0.127. The summed E-state index contributed by atoms with van der Waals surface area (Å²) < 4.78 is 22.0. The largest absolute Gasteiger partial charge is 0.385 e. The third-order valence-electron chi connectivity index (χ3n) is 2.34. The molecule has 0 aliphatic carbocycles. The van der Waals surface area contributed by atoms with Gasteiger partial charge in [0.1, 0.15) is 0 Å². The molecule has 0 aromatic heterocycles. The summed E-state index contributed by atoms with van der Waals surface area (Å²) in [5.74, 6) is 0.742. The molecule has 0 saturated carbocycles. The van der Waals surface area contributed by atoms with Crippen molar-refractivity contribution < 1.29 is 13.7 Å². The minimum absolute atomic E-state index is 0.170. The Labute approximate surface area is 82.3 Å². The Kier molecular flexibility index (Phi) is 4.91. The van der Waals surface area contributed by atoms with E-state index >= 15 is 0 Å². The topological polar surface area (TPSA) is 35.5 Å². The summed E-state index contributed by atoms with van der Waals surface area (Å²) in [6.45, 7) is 3.47. The van der Waals surface area contributed by atoms with Crippen molar-refractivity contribution in [2.45, 2.75) is 31.1 Å². The first-order valence-corrected chi connectivity index (χ1v) is 6.11. The maximum Gasteiger partial charge on any atom is 0.0691 e. The quantitative estimate of drug-likeness (QED) is 0.628. The van der Waals surface area contributed by atoms with E-state index in [0.29, 0.717) is 6.61 Å². The second kappa shape index (κ2) is 5.73. The number of methoxy groups -OCH3 is 1. The van der Waals surface area contributed by atoms with Crippen molar-refractivity contribution in [1.29, 1.82) is 0 Å². The van der Waals surface area contributed by atoms with Gasteiger partial charge in [0.15, 0.2) is 0 Å². The third-order valence-corrected chi connectivity index (χ3v) is 4.32. The zero-order valence-corrected chi connectivity index (χ0v) is 9.14. The molecule has 0 N–H and O–H groups in total. The molecule has 1 fully saturated rings. The Morgan fingerprint density at radius 3 is 2.92 bits per heavy atom. The maximum atomic E-state index is 11.7. The van der Waals surface area contributed by atoms with E-state index in [1.807, 2.05) is 6.92 Å². The van der Waals surface area contributed by atoms with Gasteiger partial charge in [-0.25, -0.2) is 0 Å². The molecule has 3 atom stereocenters. The molecule has 0 aromatic carbocycles. The number of ether oxygens (including phenoxy) is 2. The van der Waals surface area contributed by atoms with Crippen LogP contribution in [-0.2, 0) is 20.3 Å². The molecule has 78 valence electrons. The molecule has 3 nitrogen and oxygen atoms in total. The van der Waals surface area contributed by atoms with E-state index in [1.165, 1.54) is 0 Å². The highest BCUT2D eigenvalue weighted by atomic mass is 32.2.